The SMILES string of the molecule is CCCCC(CCC)Nc1cccc(C)n1. The zero-order valence-corrected chi connectivity index (χ0v) is 10.8. The van der Waals surface area contributed by atoms with Crippen LogP contribution in [0.15, 0.2) is 18.2 Å². The number of hydrogen-bond donors (Lipinski definition) is 1. The average Bonchev–Trinajstić information content (AvgIpc) is 2.26. The molecule has 1 aromatic heterocycles. The van der Waals surface area contributed by atoms with Crippen molar-refractivity contribution < 1.29 is 0 Å². The van der Waals surface area contributed by atoms with E-state index in [1.165, 1.54) is 32.1 Å². The van der Waals surface area contributed by atoms with Gasteiger partial charge in [-0.3, -0.25) is 0 Å². The zero-order valence-electron chi connectivity index (χ0n) is 10.8. The molecule has 2 nitrogen and oxygen atoms in total. The second kappa shape index (κ2) is 7.26. The summed E-state index contributed by atoms with van der Waals surface area (Å²) in [6.45, 7) is 6.52. The van der Waals surface area contributed by atoms with E-state index in [4.69, 9.17) is 0 Å². The van der Waals surface area contributed by atoms with Gasteiger partial charge in [0.1, 0.15) is 5.82 Å². The fraction of sp³-hybridized carbons (Fsp3) is 0.643. The molecule has 0 radical (unpaired) electrons. The van der Waals surface area contributed by atoms with Crippen molar-refractivity contribution in [3.63, 3.8) is 0 Å². The van der Waals surface area contributed by atoms with E-state index in [1.54, 1.807) is 0 Å². The highest BCUT2D eigenvalue weighted by Gasteiger charge is 2.07. The third-order valence-electron chi connectivity index (χ3n) is 2.78. The van der Waals surface area contributed by atoms with Gasteiger partial charge in [-0.15, -0.1) is 0 Å². The molecule has 16 heavy (non-hydrogen) atoms. The van der Waals surface area contributed by atoms with Crippen molar-refractivity contribution in [1.82, 2.24) is 4.98 Å². The van der Waals surface area contributed by atoms with Crippen molar-refractivity contribution in [3.8, 4) is 0 Å². The normalized spacial score (nSPS) is 12.4. The number of hydrogen-bond acceptors (Lipinski definition) is 2. The highest BCUT2D eigenvalue weighted by Crippen LogP contribution is 2.13. The fourth-order valence-electron chi connectivity index (χ4n) is 1.92. The molecule has 90 valence electrons. The second-order valence-electron chi connectivity index (χ2n) is 4.44. The molecular weight excluding hydrogens is 196 g/mol. The summed E-state index contributed by atoms with van der Waals surface area (Å²) in [5, 5.41) is 3.54. The topological polar surface area (TPSA) is 24.9 Å². The number of aryl methyl sites for hydroxylation is 1. The maximum atomic E-state index is 4.49. The second-order valence-corrected chi connectivity index (χ2v) is 4.44. The summed E-state index contributed by atoms with van der Waals surface area (Å²) >= 11 is 0. The predicted molar refractivity (Wildman–Crippen MR) is 70.8 cm³/mol. The van der Waals surface area contributed by atoms with Crippen LogP contribution in [-0.2, 0) is 0 Å². The largest absolute Gasteiger partial charge is 0.367 e. The first-order valence-electron chi connectivity index (χ1n) is 6.46. The smallest absolute Gasteiger partial charge is 0.126 e. The van der Waals surface area contributed by atoms with Crippen LogP contribution in [0.3, 0.4) is 0 Å². The van der Waals surface area contributed by atoms with Gasteiger partial charge in [-0.05, 0) is 31.9 Å². The van der Waals surface area contributed by atoms with E-state index in [0.29, 0.717) is 6.04 Å². The van der Waals surface area contributed by atoms with Crippen LogP contribution in [0.5, 0.6) is 0 Å². The van der Waals surface area contributed by atoms with E-state index in [0.717, 1.165) is 11.5 Å². The molecule has 1 heterocycles. The van der Waals surface area contributed by atoms with Crippen LogP contribution < -0.4 is 5.32 Å². The molecule has 1 N–H and O–H groups in total. The van der Waals surface area contributed by atoms with Crippen molar-refractivity contribution in [2.45, 2.75) is 58.9 Å². The van der Waals surface area contributed by atoms with Gasteiger partial charge in [0.15, 0.2) is 0 Å². The number of anilines is 1. The Bertz CT molecular complexity index is 297. The molecule has 0 aliphatic rings. The Morgan fingerprint density at radius 2 is 2.00 bits per heavy atom. The van der Waals surface area contributed by atoms with Crippen LogP contribution >= 0.6 is 0 Å². The molecule has 0 aliphatic carbocycles. The quantitative estimate of drug-likeness (QED) is 0.746. The van der Waals surface area contributed by atoms with E-state index in [1.807, 2.05) is 13.0 Å². The average molecular weight is 220 g/mol. The lowest BCUT2D eigenvalue weighted by Crippen LogP contribution is -2.19. The lowest BCUT2D eigenvalue weighted by atomic mass is 10.1. The lowest BCUT2D eigenvalue weighted by Gasteiger charge is -2.18. The Kier molecular flexibility index (Phi) is 5.91. The lowest BCUT2D eigenvalue weighted by molar-refractivity contribution is 0.563. The fourth-order valence-corrected chi connectivity index (χ4v) is 1.92. The van der Waals surface area contributed by atoms with Gasteiger partial charge in [-0.1, -0.05) is 39.2 Å². The summed E-state index contributed by atoms with van der Waals surface area (Å²) in [7, 11) is 0. The number of nitrogens with one attached hydrogen (secondary N) is 1. The van der Waals surface area contributed by atoms with E-state index in [-0.39, 0.29) is 0 Å². The molecule has 0 amide bonds. The molecule has 0 saturated carbocycles. The van der Waals surface area contributed by atoms with Crippen LogP contribution in [0.4, 0.5) is 5.82 Å². The van der Waals surface area contributed by atoms with E-state index >= 15 is 0 Å². The van der Waals surface area contributed by atoms with Crippen LogP contribution in [0.1, 0.15) is 51.6 Å². The molecule has 0 saturated heterocycles. The summed E-state index contributed by atoms with van der Waals surface area (Å²) in [6, 6.07) is 6.74. The molecule has 0 fully saturated rings. The molecule has 0 aliphatic heterocycles. The molecule has 1 atom stereocenters. The molecule has 0 bridgehead atoms. The first-order chi connectivity index (χ1) is 7.76. The van der Waals surface area contributed by atoms with Crippen LogP contribution in [0.2, 0.25) is 0 Å². The minimum Gasteiger partial charge on any atom is -0.367 e. The molecule has 2 heteroatoms. The third-order valence-corrected chi connectivity index (χ3v) is 2.78. The third kappa shape index (κ3) is 4.65. The van der Waals surface area contributed by atoms with Crippen molar-refractivity contribution in [2.75, 3.05) is 5.32 Å². The zero-order chi connectivity index (χ0) is 11.8. The van der Waals surface area contributed by atoms with Gasteiger partial charge < -0.3 is 5.32 Å². The Morgan fingerprint density at radius 1 is 1.19 bits per heavy atom. The van der Waals surface area contributed by atoms with Crippen molar-refractivity contribution in [1.29, 1.82) is 0 Å². The summed E-state index contributed by atoms with van der Waals surface area (Å²) in [5.41, 5.74) is 1.08. The van der Waals surface area contributed by atoms with E-state index in [2.05, 4.69) is 36.3 Å². The van der Waals surface area contributed by atoms with Crippen molar-refractivity contribution in [3.05, 3.63) is 23.9 Å². The summed E-state index contributed by atoms with van der Waals surface area (Å²) in [5.74, 6) is 1.02. The minimum atomic E-state index is 0.583. The number of unbranched alkanes of at least 4 members (excludes halogenated alkanes) is 1. The van der Waals surface area contributed by atoms with Gasteiger partial charge in [0.2, 0.25) is 0 Å². The van der Waals surface area contributed by atoms with Crippen molar-refractivity contribution >= 4 is 5.82 Å². The molecule has 0 spiro atoms. The first kappa shape index (κ1) is 13.0. The van der Waals surface area contributed by atoms with Gasteiger partial charge in [0, 0.05) is 11.7 Å². The van der Waals surface area contributed by atoms with Gasteiger partial charge in [0.25, 0.3) is 0 Å². The van der Waals surface area contributed by atoms with Crippen LogP contribution in [-0.4, -0.2) is 11.0 Å². The minimum absolute atomic E-state index is 0.583. The monoisotopic (exact) mass is 220 g/mol. The van der Waals surface area contributed by atoms with Crippen molar-refractivity contribution in [2.24, 2.45) is 0 Å². The predicted octanol–water partition coefficient (Wildman–Crippen LogP) is 4.16. The molecule has 1 rings (SSSR count). The van der Waals surface area contributed by atoms with Gasteiger partial charge in [0.05, 0.1) is 0 Å². The van der Waals surface area contributed by atoms with Crippen LogP contribution in [0.25, 0.3) is 0 Å². The van der Waals surface area contributed by atoms with Gasteiger partial charge in [-0.25, -0.2) is 4.98 Å². The van der Waals surface area contributed by atoms with Gasteiger partial charge in [-0.2, -0.15) is 0 Å². The molecule has 0 aromatic carbocycles. The number of nitrogens with zero attached hydrogens (tertiary/aromatic N) is 1. The number of rotatable bonds is 7. The Morgan fingerprint density at radius 3 is 2.62 bits per heavy atom. The van der Waals surface area contributed by atoms with Crippen LogP contribution in [0, 0.1) is 6.92 Å². The molecular formula is C14H24N2. The molecule has 1 unspecified atom stereocenters. The summed E-state index contributed by atoms with van der Waals surface area (Å²) < 4.78 is 0. The first-order valence-corrected chi connectivity index (χ1v) is 6.46. The maximum Gasteiger partial charge on any atom is 0.126 e. The Hall–Kier alpha value is -1.05. The highest BCUT2D eigenvalue weighted by atomic mass is 15.0. The Labute approximate surface area is 99.5 Å². The number of pyridine rings is 1. The maximum absolute atomic E-state index is 4.49. The Balaban J connectivity index is 2.52. The summed E-state index contributed by atoms with van der Waals surface area (Å²) in [4.78, 5) is 4.49. The summed E-state index contributed by atoms with van der Waals surface area (Å²) in [6.07, 6.45) is 6.27. The highest BCUT2D eigenvalue weighted by molar-refractivity contribution is 5.36. The standard InChI is InChI=1S/C14H24N2/c1-4-6-10-13(8-5-2)16-14-11-7-9-12(3)15-14/h7,9,11,13H,4-6,8,10H2,1-3H3,(H,15,16). The van der Waals surface area contributed by atoms with E-state index in [9.17, 15) is 0 Å². The number of aromatic nitrogens is 1. The molecule has 1 aromatic rings. The van der Waals surface area contributed by atoms with E-state index < -0.39 is 0 Å². The van der Waals surface area contributed by atoms with Gasteiger partial charge >= 0.3 is 0 Å².